The third-order valence-corrected chi connectivity index (χ3v) is 3.77. The zero-order chi connectivity index (χ0) is 13.7. The number of nitriles is 1. The monoisotopic (exact) mass is 258 g/mol. The molecule has 0 aliphatic carbocycles. The van der Waals surface area contributed by atoms with Gasteiger partial charge in [0.1, 0.15) is 12.4 Å². The van der Waals surface area contributed by atoms with Crippen molar-refractivity contribution in [3.63, 3.8) is 0 Å². The molecule has 1 heterocycles. The van der Waals surface area contributed by atoms with Crippen LogP contribution in [0, 0.1) is 17.2 Å². The van der Waals surface area contributed by atoms with Gasteiger partial charge in [-0.2, -0.15) is 5.26 Å². The summed E-state index contributed by atoms with van der Waals surface area (Å²) >= 11 is 0. The second kappa shape index (κ2) is 6.58. The molecule has 2 atom stereocenters. The summed E-state index contributed by atoms with van der Waals surface area (Å²) in [6, 6.07) is 10.6. The van der Waals surface area contributed by atoms with Crippen LogP contribution >= 0.6 is 0 Å². The van der Waals surface area contributed by atoms with Crippen LogP contribution in [0.25, 0.3) is 0 Å². The van der Waals surface area contributed by atoms with E-state index in [4.69, 9.17) is 10.00 Å². The van der Waals surface area contributed by atoms with E-state index < -0.39 is 0 Å². The standard InChI is InChI=1S/C16H22N2O/c1-13-11-14(2)18(12-13)9-10-19-16-5-3-15(4-6-16)7-8-17/h3-6,13-14H,7,9-12H2,1-2H3. The molecule has 1 fully saturated rings. The molecule has 1 aromatic carbocycles. The lowest BCUT2D eigenvalue weighted by atomic mass is 10.1. The maximum Gasteiger partial charge on any atom is 0.119 e. The van der Waals surface area contributed by atoms with E-state index >= 15 is 0 Å². The Balaban J connectivity index is 1.75. The Morgan fingerprint density at radius 2 is 2.05 bits per heavy atom. The first-order chi connectivity index (χ1) is 9.19. The minimum atomic E-state index is 0.462. The first-order valence-corrected chi connectivity index (χ1v) is 7.01. The van der Waals surface area contributed by atoms with E-state index in [0.29, 0.717) is 12.5 Å². The van der Waals surface area contributed by atoms with Crippen molar-refractivity contribution < 1.29 is 4.74 Å². The predicted molar refractivity (Wildman–Crippen MR) is 76.1 cm³/mol. The molecule has 1 aliphatic rings. The zero-order valence-corrected chi connectivity index (χ0v) is 11.8. The fourth-order valence-electron chi connectivity index (χ4n) is 2.77. The van der Waals surface area contributed by atoms with Gasteiger partial charge in [-0.3, -0.25) is 4.90 Å². The largest absolute Gasteiger partial charge is 0.492 e. The van der Waals surface area contributed by atoms with Crippen LogP contribution in [0.3, 0.4) is 0 Å². The van der Waals surface area contributed by atoms with Gasteiger partial charge < -0.3 is 4.74 Å². The van der Waals surface area contributed by atoms with Crippen LogP contribution < -0.4 is 4.74 Å². The summed E-state index contributed by atoms with van der Waals surface area (Å²) in [4.78, 5) is 2.49. The molecule has 1 aliphatic heterocycles. The molecule has 0 aromatic heterocycles. The van der Waals surface area contributed by atoms with Crippen LogP contribution in [0.15, 0.2) is 24.3 Å². The SMILES string of the molecule is CC1CC(C)N(CCOc2ccc(CC#N)cc2)C1. The van der Waals surface area contributed by atoms with Gasteiger partial charge in [0.05, 0.1) is 12.5 Å². The molecule has 2 unspecified atom stereocenters. The van der Waals surface area contributed by atoms with Gasteiger partial charge in [0.25, 0.3) is 0 Å². The first kappa shape index (κ1) is 13.9. The highest BCUT2D eigenvalue weighted by atomic mass is 16.5. The number of rotatable bonds is 5. The molecule has 0 amide bonds. The van der Waals surface area contributed by atoms with E-state index in [1.807, 2.05) is 24.3 Å². The molecule has 3 heteroatoms. The Labute approximate surface area is 115 Å². The summed E-state index contributed by atoms with van der Waals surface area (Å²) in [6.45, 7) is 7.51. The highest BCUT2D eigenvalue weighted by Crippen LogP contribution is 2.21. The summed E-state index contributed by atoms with van der Waals surface area (Å²) in [6.07, 6.45) is 1.76. The second-order valence-electron chi connectivity index (χ2n) is 5.51. The quantitative estimate of drug-likeness (QED) is 0.815. The number of likely N-dealkylation sites (tertiary alicyclic amines) is 1. The van der Waals surface area contributed by atoms with E-state index in [1.165, 1.54) is 13.0 Å². The molecule has 0 bridgehead atoms. The Morgan fingerprint density at radius 3 is 2.63 bits per heavy atom. The molecular weight excluding hydrogens is 236 g/mol. The lowest BCUT2D eigenvalue weighted by Crippen LogP contribution is -2.31. The minimum absolute atomic E-state index is 0.462. The minimum Gasteiger partial charge on any atom is -0.492 e. The highest BCUT2D eigenvalue weighted by Gasteiger charge is 2.25. The van der Waals surface area contributed by atoms with Crippen molar-refractivity contribution in [3.05, 3.63) is 29.8 Å². The average molecular weight is 258 g/mol. The van der Waals surface area contributed by atoms with Crippen molar-refractivity contribution >= 4 is 0 Å². The van der Waals surface area contributed by atoms with Crippen LogP contribution in [-0.4, -0.2) is 30.6 Å². The molecule has 0 saturated carbocycles. The molecular formula is C16H22N2O. The maximum atomic E-state index is 8.61. The molecule has 2 rings (SSSR count). The van der Waals surface area contributed by atoms with E-state index in [2.05, 4.69) is 24.8 Å². The number of hydrogen-bond acceptors (Lipinski definition) is 3. The van der Waals surface area contributed by atoms with Crippen molar-refractivity contribution in [2.24, 2.45) is 5.92 Å². The summed E-state index contributed by atoms with van der Waals surface area (Å²) in [7, 11) is 0. The molecule has 1 saturated heterocycles. The van der Waals surface area contributed by atoms with Crippen molar-refractivity contribution in [3.8, 4) is 11.8 Å². The van der Waals surface area contributed by atoms with Crippen molar-refractivity contribution in [1.29, 1.82) is 5.26 Å². The fraction of sp³-hybridized carbons (Fsp3) is 0.562. The Kier molecular flexibility index (Phi) is 4.81. The fourth-order valence-corrected chi connectivity index (χ4v) is 2.77. The maximum absolute atomic E-state index is 8.61. The van der Waals surface area contributed by atoms with E-state index in [-0.39, 0.29) is 0 Å². The van der Waals surface area contributed by atoms with Crippen molar-refractivity contribution in [1.82, 2.24) is 4.90 Å². The smallest absolute Gasteiger partial charge is 0.119 e. The van der Waals surface area contributed by atoms with Gasteiger partial charge in [0, 0.05) is 19.1 Å². The number of benzene rings is 1. The first-order valence-electron chi connectivity index (χ1n) is 7.01. The van der Waals surface area contributed by atoms with Crippen LogP contribution in [0.4, 0.5) is 0 Å². The van der Waals surface area contributed by atoms with Crippen LogP contribution in [0.2, 0.25) is 0 Å². The molecule has 19 heavy (non-hydrogen) atoms. The Morgan fingerprint density at radius 1 is 1.32 bits per heavy atom. The van der Waals surface area contributed by atoms with Gasteiger partial charge in [-0.25, -0.2) is 0 Å². The van der Waals surface area contributed by atoms with Crippen molar-refractivity contribution in [2.75, 3.05) is 19.7 Å². The van der Waals surface area contributed by atoms with Gasteiger partial charge in [0.2, 0.25) is 0 Å². The van der Waals surface area contributed by atoms with Crippen LogP contribution in [0.1, 0.15) is 25.8 Å². The van der Waals surface area contributed by atoms with Gasteiger partial charge in [-0.15, -0.1) is 0 Å². The van der Waals surface area contributed by atoms with Gasteiger partial charge in [-0.1, -0.05) is 19.1 Å². The van der Waals surface area contributed by atoms with Gasteiger partial charge in [0.15, 0.2) is 0 Å². The average Bonchev–Trinajstić information content (AvgIpc) is 2.71. The van der Waals surface area contributed by atoms with E-state index in [0.717, 1.165) is 30.4 Å². The van der Waals surface area contributed by atoms with Crippen molar-refractivity contribution in [2.45, 2.75) is 32.7 Å². The number of hydrogen-bond donors (Lipinski definition) is 0. The second-order valence-corrected chi connectivity index (χ2v) is 5.51. The third-order valence-electron chi connectivity index (χ3n) is 3.77. The topological polar surface area (TPSA) is 36.3 Å². The third kappa shape index (κ3) is 3.97. The van der Waals surface area contributed by atoms with Gasteiger partial charge >= 0.3 is 0 Å². The lowest BCUT2D eigenvalue weighted by molar-refractivity contribution is 0.202. The summed E-state index contributed by atoms with van der Waals surface area (Å²) in [5.74, 6) is 1.70. The number of nitrogens with zero attached hydrogens (tertiary/aromatic N) is 2. The Hall–Kier alpha value is -1.53. The van der Waals surface area contributed by atoms with E-state index in [9.17, 15) is 0 Å². The van der Waals surface area contributed by atoms with Gasteiger partial charge in [-0.05, 0) is 37.0 Å². The summed E-state index contributed by atoms with van der Waals surface area (Å²) in [5.41, 5.74) is 1.04. The summed E-state index contributed by atoms with van der Waals surface area (Å²) in [5, 5.41) is 8.61. The molecule has 3 nitrogen and oxygen atoms in total. The van der Waals surface area contributed by atoms with Crippen LogP contribution in [-0.2, 0) is 6.42 Å². The zero-order valence-electron chi connectivity index (χ0n) is 11.8. The normalized spacial score (nSPS) is 23.2. The predicted octanol–water partition coefficient (Wildman–Crippen LogP) is 2.86. The Bertz CT molecular complexity index is 435. The highest BCUT2D eigenvalue weighted by molar-refractivity contribution is 5.28. The molecule has 1 aromatic rings. The molecule has 0 spiro atoms. The molecule has 102 valence electrons. The number of ether oxygens (including phenoxy) is 1. The van der Waals surface area contributed by atoms with E-state index in [1.54, 1.807) is 0 Å². The lowest BCUT2D eigenvalue weighted by Gasteiger charge is -2.20. The molecule has 0 N–H and O–H groups in total. The van der Waals surface area contributed by atoms with Crippen LogP contribution in [0.5, 0.6) is 5.75 Å². The molecule has 0 radical (unpaired) electrons. The summed E-state index contributed by atoms with van der Waals surface area (Å²) < 4.78 is 5.76.